The van der Waals surface area contributed by atoms with Gasteiger partial charge in [-0.2, -0.15) is 13.2 Å². The molecular formula is C13H17BF3NO2. The Labute approximate surface area is 116 Å². The molecule has 110 valence electrons. The molecule has 0 saturated carbocycles. The van der Waals surface area contributed by atoms with Crippen molar-refractivity contribution in [2.75, 3.05) is 5.73 Å². The van der Waals surface area contributed by atoms with Crippen molar-refractivity contribution < 1.29 is 22.5 Å². The number of benzene rings is 1. The quantitative estimate of drug-likeness (QED) is 0.638. The van der Waals surface area contributed by atoms with Gasteiger partial charge in [0.05, 0.1) is 16.8 Å². The molecule has 7 heteroatoms. The highest BCUT2D eigenvalue weighted by molar-refractivity contribution is 6.64. The summed E-state index contributed by atoms with van der Waals surface area (Å²) >= 11 is 0. The van der Waals surface area contributed by atoms with Crippen molar-refractivity contribution in [1.29, 1.82) is 0 Å². The van der Waals surface area contributed by atoms with Crippen molar-refractivity contribution >= 4 is 18.3 Å². The van der Waals surface area contributed by atoms with Gasteiger partial charge < -0.3 is 15.0 Å². The number of hydrogen-bond donors (Lipinski definition) is 1. The third-order valence-corrected chi connectivity index (χ3v) is 3.93. The van der Waals surface area contributed by atoms with E-state index in [0.29, 0.717) is 0 Å². The van der Waals surface area contributed by atoms with E-state index in [4.69, 9.17) is 15.0 Å². The van der Waals surface area contributed by atoms with Crippen molar-refractivity contribution in [3.05, 3.63) is 23.8 Å². The Morgan fingerprint density at radius 3 is 2.00 bits per heavy atom. The molecule has 3 nitrogen and oxygen atoms in total. The minimum atomic E-state index is -4.51. The van der Waals surface area contributed by atoms with Crippen LogP contribution in [0.4, 0.5) is 18.9 Å². The predicted octanol–water partition coefficient (Wildman–Crippen LogP) is 2.59. The molecule has 1 aliphatic heterocycles. The van der Waals surface area contributed by atoms with Gasteiger partial charge in [0.2, 0.25) is 0 Å². The molecule has 2 rings (SSSR count). The van der Waals surface area contributed by atoms with Gasteiger partial charge in [0.25, 0.3) is 0 Å². The summed E-state index contributed by atoms with van der Waals surface area (Å²) in [6, 6.07) is 3.67. The normalized spacial score (nSPS) is 21.2. The van der Waals surface area contributed by atoms with Crippen LogP contribution in [0, 0.1) is 0 Å². The van der Waals surface area contributed by atoms with E-state index in [0.717, 1.165) is 6.07 Å². The van der Waals surface area contributed by atoms with E-state index in [1.165, 1.54) is 12.1 Å². The van der Waals surface area contributed by atoms with Crippen LogP contribution >= 0.6 is 0 Å². The Balaban J connectivity index is 2.50. The van der Waals surface area contributed by atoms with Gasteiger partial charge in [0, 0.05) is 11.2 Å². The molecule has 2 N–H and O–H groups in total. The Bertz CT molecular complexity index is 513. The maximum absolute atomic E-state index is 13.1. The number of anilines is 1. The zero-order valence-electron chi connectivity index (χ0n) is 11.8. The monoisotopic (exact) mass is 287 g/mol. The molecule has 0 amide bonds. The lowest BCUT2D eigenvalue weighted by molar-refractivity contribution is -0.136. The average Bonchev–Trinajstić information content (AvgIpc) is 2.46. The van der Waals surface area contributed by atoms with E-state index in [1.54, 1.807) is 27.7 Å². The molecular weight excluding hydrogens is 270 g/mol. The molecule has 0 unspecified atom stereocenters. The fourth-order valence-electron chi connectivity index (χ4n) is 2.05. The Morgan fingerprint density at radius 1 is 1.05 bits per heavy atom. The highest BCUT2D eigenvalue weighted by atomic mass is 19.4. The number of halogens is 3. The maximum Gasteiger partial charge on any atom is 0.497 e. The lowest BCUT2D eigenvalue weighted by Gasteiger charge is -2.32. The van der Waals surface area contributed by atoms with Crippen LogP contribution in [0.5, 0.6) is 0 Å². The van der Waals surface area contributed by atoms with Crippen molar-refractivity contribution in [3.8, 4) is 0 Å². The molecule has 0 bridgehead atoms. The van der Waals surface area contributed by atoms with Crippen molar-refractivity contribution in [3.63, 3.8) is 0 Å². The van der Waals surface area contributed by atoms with Crippen LogP contribution in [-0.2, 0) is 15.5 Å². The lowest BCUT2D eigenvalue weighted by atomic mass is 9.74. The number of nitrogens with two attached hydrogens (primary N) is 1. The number of hydrogen-bond acceptors (Lipinski definition) is 3. The third-order valence-electron chi connectivity index (χ3n) is 3.93. The summed E-state index contributed by atoms with van der Waals surface area (Å²) in [5.74, 6) is 0. The highest BCUT2D eigenvalue weighted by Gasteiger charge is 2.54. The summed E-state index contributed by atoms with van der Waals surface area (Å²) in [7, 11) is -1.13. The van der Waals surface area contributed by atoms with Gasteiger partial charge in [-0.25, -0.2) is 0 Å². The van der Waals surface area contributed by atoms with Crippen LogP contribution in [0.3, 0.4) is 0 Å². The number of rotatable bonds is 1. The smallest absolute Gasteiger partial charge is 0.399 e. The zero-order chi connectivity index (χ0) is 15.3. The molecule has 0 aliphatic carbocycles. The molecule has 0 spiro atoms. The second kappa shape index (κ2) is 4.39. The van der Waals surface area contributed by atoms with Crippen LogP contribution in [0.15, 0.2) is 18.2 Å². The number of nitrogen functional groups attached to an aromatic ring is 1. The summed E-state index contributed by atoms with van der Waals surface area (Å²) in [6.07, 6.45) is -4.51. The first-order valence-electron chi connectivity index (χ1n) is 6.27. The summed E-state index contributed by atoms with van der Waals surface area (Å²) in [5.41, 5.74) is 3.31. The molecule has 1 saturated heterocycles. The lowest BCUT2D eigenvalue weighted by Crippen LogP contribution is -2.41. The first-order valence-corrected chi connectivity index (χ1v) is 6.27. The van der Waals surface area contributed by atoms with Crippen molar-refractivity contribution in [2.24, 2.45) is 0 Å². The van der Waals surface area contributed by atoms with Crippen LogP contribution in [0.2, 0.25) is 0 Å². The predicted molar refractivity (Wildman–Crippen MR) is 71.6 cm³/mol. The zero-order valence-corrected chi connectivity index (χ0v) is 11.8. The third kappa shape index (κ3) is 2.40. The van der Waals surface area contributed by atoms with Crippen molar-refractivity contribution in [1.82, 2.24) is 0 Å². The SMILES string of the molecule is CC1(C)OB(c2c(N)cccc2C(F)(F)F)OC1(C)C. The second-order valence-corrected chi connectivity index (χ2v) is 5.89. The van der Waals surface area contributed by atoms with Crippen LogP contribution in [0.25, 0.3) is 0 Å². The molecule has 20 heavy (non-hydrogen) atoms. The second-order valence-electron chi connectivity index (χ2n) is 5.89. The van der Waals surface area contributed by atoms with Crippen LogP contribution in [0.1, 0.15) is 33.3 Å². The Morgan fingerprint density at radius 2 is 1.55 bits per heavy atom. The topological polar surface area (TPSA) is 44.5 Å². The molecule has 0 aromatic heterocycles. The highest BCUT2D eigenvalue weighted by Crippen LogP contribution is 2.38. The van der Waals surface area contributed by atoms with E-state index in [2.05, 4.69) is 0 Å². The fourth-order valence-corrected chi connectivity index (χ4v) is 2.05. The summed E-state index contributed by atoms with van der Waals surface area (Å²) in [6.45, 7) is 7.11. The van der Waals surface area contributed by atoms with E-state index in [1.807, 2.05) is 0 Å². The van der Waals surface area contributed by atoms with Gasteiger partial charge in [-0.1, -0.05) is 12.1 Å². The van der Waals surface area contributed by atoms with Crippen molar-refractivity contribution in [2.45, 2.75) is 45.1 Å². The van der Waals surface area contributed by atoms with Gasteiger partial charge in [0.15, 0.2) is 0 Å². The van der Waals surface area contributed by atoms with Crippen LogP contribution in [-0.4, -0.2) is 18.3 Å². The van der Waals surface area contributed by atoms with Gasteiger partial charge in [-0.15, -0.1) is 0 Å². The number of alkyl halides is 3. The van der Waals surface area contributed by atoms with Gasteiger partial charge in [-0.3, -0.25) is 0 Å². The Hall–Kier alpha value is -1.21. The van der Waals surface area contributed by atoms with E-state index >= 15 is 0 Å². The average molecular weight is 287 g/mol. The molecule has 0 atom stereocenters. The summed E-state index contributed by atoms with van der Waals surface area (Å²) < 4.78 is 50.6. The molecule has 1 aromatic carbocycles. The van der Waals surface area contributed by atoms with E-state index in [9.17, 15) is 13.2 Å². The maximum atomic E-state index is 13.1. The molecule has 1 fully saturated rings. The van der Waals surface area contributed by atoms with Gasteiger partial charge in [-0.05, 0) is 33.8 Å². The molecule has 0 radical (unpaired) electrons. The summed E-state index contributed by atoms with van der Waals surface area (Å²) in [4.78, 5) is 0. The van der Waals surface area contributed by atoms with E-state index < -0.39 is 30.1 Å². The molecule has 1 heterocycles. The van der Waals surface area contributed by atoms with Crippen LogP contribution < -0.4 is 11.2 Å². The standard InChI is InChI=1S/C13H17BF3NO2/c1-11(2)12(3,4)20-14(19-11)10-8(13(15,16)17)6-5-7-9(10)18/h5-7H,18H2,1-4H3. The summed E-state index contributed by atoms with van der Waals surface area (Å²) in [5, 5.41) is 0. The molecule has 1 aromatic rings. The first-order chi connectivity index (χ1) is 8.96. The minimum Gasteiger partial charge on any atom is -0.399 e. The van der Waals surface area contributed by atoms with Gasteiger partial charge in [0.1, 0.15) is 0 Å². The first kappa shape index (κ1) is 15.2. The molecule has 1 aliphatic rings. The fraction of sp³-hybridized carbons (Fsp3) is 0.538. The minimum absolute atomic E-state index is 0.0123. The van der Waals surface area contributed by atoms with E-state index in [-0.39, 0.29) is 11.2 Å². The van der Waals surface area contributed by atoms with Gasteiger partial charge >= 0.3 is 13.3 Å². The largest absolute Gasteiger partial charge is 0.497 e. The Kier molecular flexibility index (Phi) is 3.34.